The summed E-state index contributed by atoms with van der Waals surface area (Å²) in [6.07, 6.45) is 4.56. The molecule has 0 saturated carbocycles. The Morgan fingerprint density at radius 3 is 2.92 bits per heavy atom. The van der Waals surface area contributed by atoms with Crippen molar-refractivity contribution in [1.29, 1.82) is 0 Å². The van der Waals surface area contributed by atoms with E-state index in [1.165, 1.54) is 40.7 Å². The second-order valence-electron chi connectivity index (χ2n) is 8.00. The van der Waals surface area contributed by atoms with Gasteiger partial charge in [0.25, 0.3) is 0 Å². The predicted octanol–water partition coefficient (Wildman–Crippen LogP) is 4.59. The number of nitrogens with one attached hydrogen (secondary N) is 1. The van der Waals surface area contributed by atoms with E-state index in [2.05, 4.69) is 47.1 Å². The third-order valence-electron chi connectivity index (χ3n) is 6.54. The van der Waals surface area contributed by atoms with Crippen LogP contribution in [-0.4, -0.2) is 34.1 Å². The first-order chi connectivity index (χ1) is 12.7. The average Bonchev–Trinajstić information content (AvgIpc) is 3.03. The standard InChI is InChI=1S/C23H26N2O/c1-2-11-25-12-10-23(16-6-5-7-18(26)13-16)15-17(25)14-21-22(23)19-8-3-4-9-20(19)24-21/h3-9,13,17,24,26H,2,10-12,14-15H2,1H3/t17-,23-/m1/s1. The van der Waals surface area contributed by atoms with E-state index in [9.17, 15) is 5.11 Å². The predicted molar refractivity (Wildman–Crippen MR) is 106 cm³/mol. The van der Waals surface area contributed by atoms with Crippen molar-refractivity contribution in [3.63, 3.8) is 0 Å². The van der Waals surface area contributed by atoms with Gasteiger partial charge in [-0.15, -0.1) is 0 Å². The van der Waals surface area contributed by atoms with E-state index in [1.807, 2.05) is 12.1 Å². The molecule has 2 N–H and O–H groups in total. The number of phenolic OH excluding ortho intramolecular Hbond substituents is 1. The summed E-state index contributed by atoms with van der Waals surface area (Å²) >= 11 is 0. The molecule has 3 aromatic rings. The van der Waals surface area contributed by atoms with Gasteiger partial charge in [-0.1, -0.05) is 37.3 Å². The van der Waals surface area contributed by atoms with Crippen LogP contribution in [0.15, 0.2) is 48.5 Å². The fourth-order valence-corrected chi connectivity index (χ4v) is 5.50. The zero-order chi connectivity index (χ0) is 17.7. The number of benzene rings is 2. The van der Waals surface area contributed by atoms with Gasteiger partial charge in [0.2, 0.25) is 0 Å². The maximum atomic E-state index is 10.2. The van der Waals surface area contributed by atoms with Gasteiger partial charge in [-0.3, -0.25) is 4.90 Å². The van der Waals surface area contributed by atoms with Crippen LogP contribution in [-0.2, 0) is 11.8 Å². The van der Waals surface area contributed by atoms with Crippen molar-refractivity contribution in [3.8, 4) is 5.75 Å². The molecular formula is C23H26N2O. The number of fused-ring (bicyclic) bond motifs is 6. The van der Waals surface area contributed by atoms with Gasteiger partial charge in [-0.2, -0.15) is 0 Å². The number of para-hydroxylation sites is 1. The topological polar surface area (TPSA) is 39.3 Å². The van der Waals surface area contributed by atoms with Crippen LogP contribution < -0.4 is 0 Å². The molecule has 26 heavy (non-hydrogen) atoms. The number of aromatic nitrogens is 1. The Balaban J connectivity index is 1.74. The first kappa shape index (κ1) is 16.0. The van der Waals surface area contributed by atoms with Crippen LogP contribution in [0.25, 0.3) is 10.9 Å². The molecule has 1 aromatic heterocycles. The third kappa shape index (κ3) is 2.23. The minimum Gasteiger partial charge on any atom is -0.508 e. The zero-order valence-electron chi connectivity index (χ0n) is 15.3. The summed E-state index contributed by atoms with van der Waals surface area (Å²) in [5.74, 6) is 0.372. The fraction of sp³-hybridized carbons (Fsp3) is 0.391. The summed E-state index contributed by atoms with van der Waals surface area (Å²) < 4.78 is 0. The van der Waals surface area contributed by atoms with E-state index in [0.717, 1.165) is 25.8 Å². The first-order valence-corrected chi connectivity index (χ1v) is 9.85. The molecule has 5 rings (SSSR count). The van der Waals surface area contributed by atoms with E-state index < -0.39 is 0 Å². The maximum absolute atomic E-state index is 10.2. The van der Waals surface area contributed by atoms with Gasteiger partial charge in [0, 0.05) is 34.5 Å². The van der Waals surface area contributed by atoms with Crippen molar-refractivity contribution in [3.05, 3.63) is 65.4 Å². The molecule has 0 amide bonds. The summed E-state index contributed by atoms with van der Waals surface area (Å²) in [5.41, 5.74) is 5.38. The molecule has 0 unspecified atom stereocenters. The number of aromatic hydroxyl groups is 1. The highest BCUT2D eigenvalue weighted by Crippen LogP contribution is 2.52. The fourth-order valence-electron chi connectivity index (χ4n) is 5.50. The molecule has 1 aliphatic carbocycles. The van der Waals surface area contributed by atoms with Crippen LogP contribution in [0.1, 0.15) is 43.0 Å². The highest BCUT2D eigenvalue weighted by molar-refractivity contribution is 5.87. The lowest BCUT2D eigenvalue weighted by atomic mass is 9.61. The van der Waals surface area contributed by atoms with Gasteiger partial charge in [0.1, 0.15) is 5.75 Å². The number of rotatable bonds is 3. The zero-order valence-corrected chi connectivity index (χ0v) is 15.3. The van der Waals surface area contributed by atoms with Crippen LogP contribution in [0.5, 0.6) is 5.75 Å². The third-order valence-corrected chi connectivity index (χ3v) is 6.54. The van der Waals surface area contributed by atoms with Gasteiger partial charge in [0.05, 0.1) is 0 Å². The lowest BCUT2D eigenvalue weighted by Crippen LogP contribution is -2.53. The number of hydrogen-bond acceptors (Lipinski definition) is 2. The van der Waals surface area contributed by atoms with Crippen LogP contribution in [0.2, 0.25) is 0 Å². The number of aromatic amines is 1. The SMILES string of the molecule is CCCN1CC[C@]2(c3cccc(O)c3)C[C@H]1Cc1[nH]c3ccccc3c12. The van der Waals surface area contributed by atoms with Crippen molar-refractivity contribution in [2.24, 2.45) is 0 Å². The minimum atomic E-state index is 0.000828. The van der Waals surface area contributed by atoms with Crippen molar-refractivity contribution in [1.82, 2.24) is 9.88 Å². The number of likely N-dealkylation sites (tertiary alicyclic amines) is 1. The Labute approximate surface area is 154 Å². The second-order valence-corrected chi connectivity index (χ2v) is 8.00. The summed E-state index contributed by atoms with van der Waals surface area (Å²) in [7, 11) is 0. The van der Waals surface area contributed by atoms with Gasteiger partial charge in [-0.05, 0) is 61.7 Å². The van der Waals surface area contributed by atoms with Gasteiger partial charge in [0.15, 0.2) is 0 Å². The highest BCUT2D eigenvalue weighted by atomic mass is 16.3. The van der Waals surface area contributed by atoms with Crippen molar-refractivity contribution >= 4 is 10.9 Å². The molecular weight excluding hydrogens is 320 g/mol. The normalized spacial score (nSPS) is 25.3. The van der Waals surface area contributed by atoms with Gasteiger partial charge in [-0.25, -0.2) is 0 Å². The Kier molecular flexibility index (Phi) is 3.61. The second kappa shape index (κ2) is 5.88. The number of piperidine rings is 1. The summed E-state index contributed by atoms with van der Waals surface area (Å²) in [4.78, 5) is 6.40. The molecule has 3 heteroatoms. The molecule has 0 radical (unpaired) electrons. The summed E-state index contributed by atoms with van der Waals surface area (Å²) in [6.45, 7) is 4.58. The first-order valence-electron chi connectivity index (χ1n) is 9.85. The van der Waals surface area contributed by atoms with Crippen molar-refractivity contribution in [2.45, 2.75) is 44.1 Å². The molecule has 1 aliphatic heterocycles. The van der Waals surface area contributed by atoms with E-state index in [0.29, 0.717) is 11.8 Å². The molecule has 2 aromatic carbocycles. The van der Waals surface area contributed by atoms with Crippen molar-refractivity contribution in [2.75, 3.05) is 13.1 Å². The molecule has 1 saturated heterocycles. The number of H-pyrrole nitrogens is 1. The molecule has 2 aliphatic rings. The highest BCUT2D eigenvalue weighted by Gasteiger charge is 2.48. The Morgan fingerprint density at radius 2 is 2.08 bits per heavy atom. The maximum Gasteiger partial charge on any atom is 0.115 e. The number of phenols is 1. The smallest absolute Gasteiger partial charge is 0.115 e. The number of hydrogen-bond donors (Lipinski definition) is 2. The summed E-state index contributed by atoms with van der Waals surface area (Å²) in [5, 5.41) is 11.5. The average molecular weight is 346 g/mol. The van der Waals surface area contributed by atoms with E-state index in [1.54, 1.807) is 6.07 Å². The molecule has 3 nitrogen and oxygen atoms in total. The van der Waals surface area contributed by atoms with E-state index >= 15 is 0 Å². The van der Waals surface area contributed by atoms with Crippen LogP contribution in [0, 0.1) is 0 Å². The van der Waals surface area contributed by atoms with Crippen LogP contribution in [0.4, 0.5) is 0 Å². The monoisotopic (exact) mass is 346 g/mol. The van der Waals surface area contributed by atoms with Crippen LogP contribution >= 0.6 is 0 Å². The lowest BCUT2D eigenvalue weighted by molar-refractivity contribution is 0.0960. The summed E-state index contributed by atoms with van der Waals surface area (Å²) in [6, 6.07) is 17.3. The Hall–Kier alpha value is -2.26. The Morgan fingerprint density at radius 1 is 1.19 bits per heavy atom. The van der Waals surface area contributed by atoms with E-state index in [-0.39, 0.29) is 5.41 Å². The molecule has 134 valence electrons. The van der Waals surface area contributed by atoms with Crippen molar-refractivity contribution < 1.29 is 5.11 Å². The largest absolute Gasteiger partial charge is 0.508 e. The molecule has 2 heterocycles. The quantitative estimate of drug-likeness (QED) is 0.728. The molecule has 2 atom stereocenters. The molecule has 0 spiro atoms. The minimum absolute atomic E-state index is 0.000828. The molecule has 1 fully saturated rings. The lowest BCUT2D eigenvalue weighted by Gasteiger charge is -2.51. The van der Waals surface area contributed by atoms with E-state index in [4.69, 9.17) is 0 Å². The molecule has 2 bridgehead atoms. The number of nitrogens with zero attached hydrogens (tertiary/aromatic N) is 1. The Bertz CT molecular complexity index is 960. The van der Waals surface area contributed by atoms with Gasteiger partial charge < -0.3 is 10.1 Å². The van der Waals surface area contributed by atoms with Gasteiger partial charge >= 0.3 is 0 Å². The van der Waals surface area contributed by atoms with Crippen LogP contribution in [0.3, 0.4) is 0 Å².